The Kier molecular flexibility index (Phi) is 7.11. The highest BCUT2D eigenvalue weighted by Crippen LogP contribution is 2.38. The molecule has 0 atom stereocenters. The van der Waals surface area contributed by atoms with Crippen LogP contribution in [0.15, 0.2) is 24.4 Å². The van der Waals surface area contributed by atoms with Gasteiger partial charge < -0.3 is 10.6 Å². The molecule has 0 saturated carbocycles. The monoisotopic (exact) mass is 421 g/mol. The van der Waals surface area contributed by atoms with E-state index in [4.69, 9.17) is 0 Å². The van der Waals surface area contributed by atoms with Gasteiger partial charge in [0.1, 0.15) is 0 Å². The average molecular weight is 421 g/mol. The molecule has 1 fully saturated rings. The first-order valence-electron chi connectivity index (χ1n) is 8.44. The number of alkyl halides is 6. The van der Waals surface area contributed by atoms with Crippen LogP contribution < -0.4 is 10.6 Å². The van der Waals surface area contributed by atoms with Crippen molar-refractivity contribution in [2.75, 3.05) is 20.1 Å². The minimum absolute atomic E-state index is 0.00220. The molecule has 0 spiro atoms. The van der Waals surface area contributed by atoms with Crippen molar-refractivity contribution in [1.29, 1.82) is 0 Å². The highest BCUT2D eigenvalue weighted by atomic mass is 19.4. The van der Waals surface area contributed by atoms with E-state index in [0.29, 0.717) is 12.1 Å². The number of hydrogen-bond acceptors (Lipinski definition) is 5. The summed E-state index contributed by atoms with van der Waals surface area (Å²) in [6, 6.07) is 0.984. The number of amides is 1. The molecule has 0 unspecified atom stereocenters. The van der Waals surface area contributed by atoms with E-state index < -0.39 is 40.8 Å². The fourth-order valence-electron chi connectivity index (χ4n) is 2.38. The SMILES string of the molecule is C1CCNC1.CNC(=O)c1nncc(-c2cc(C(F)(F)F)cc(C(F)(F)F)c2)n1. The van der Waals surface area contributed by atoms with Crippen molar-refractivity contribution in [3.05, 3.63) is 41.3 Å². The smallest absolute Gasteiger partial charge is 0.352 e. The summed E-state index contributed by atoms with van der Waals surface area (Å²) >= 11 is 0. The van der Waals surface area contributed by atoms with Crippen molar-refractivity contribution in [3.8, 4) is 11.3 Å². The third-order valence-electron chi connectivity index (χ3n) is 3.83. The van der Waals surface area contributed by atoms with Crippen LogP contribution in [-0.2, 0) is 12.4 Å². The van der Waals surface area contributed by atoms with E-state index in [2.05, 4.69) is 25.8 Å². The number of hydrogen-bond donors (Lipinski definition) is 2. The van der Waals surface area contributed by atoms with Gasteiger partial charge in [-0.1, -0.05) is 0 Å². The predicted octanol–water partition coefficient (Wildman–Crippen LogP) is 3.31. The molecule has 1 aromatic carbocycles. The van der Waals surface area contributed by atoms with Crippen LogP contribution in [0.1, 0.15) is 34.6 Å². The standard InChI is InChI=1S/C13H8F6N4O.C4H9N/c1-20-11(24)10-22-9(5-21-23-10)6-2-7(12(14,15)16)4-8(3-6)13(17,18)19;1-2-4-5-3-1/h2-5H,1H3,(H,20,24);5H,1-4H2. The fraction of sp³-hybridized carbons (Fsp3) is 0.412. The van der Waals surface area contributed by atoms with E-state index in [-0.39, 0.29) is 11.8 Å². The summed E-state index contributed by atoms with van der Waals surface area (Å²) in [6.45, 7) is 2.50. The number of nitrogens with zero attached hydrogens (tertiary/aromatic N) is 3. The van der Waals surface area contributed by atoms with E-state index in [9.17, 15) is 31.1 Å². The summed E-state index contributed by atoms with van der Waals surface area (Å²) in [5, 5.41) is 12.1. The fourth-order valence-corrected chi connectivity index (χ4v) is 2.38. The van der Waals surface area contributed by atoms with Crippen LogP contribution in [-0.4, -0.2) is 41.2 Å². The lowest BCUT2D eigenvalue weighted by Gasteiger charge is -2.14. The molecule has 3 rings (SSSR count). The first kappa shape index (κ1) is 22.5. The summed E-state index contributed by atoms with van der Waals surface area (Å²) in [5.74, 6) is -1.27. The van der Waals surface area contributed by atoms with Crippen LogP contribution in [0.3, 0.4) is 0 Å². The molecule has 1 aliphatic rings. The van der Waals surface area contributed by atoms with Gasteiger partial charge in [-0.25, -0.2) is 4.98 Å². The van der Waals surface area contributed by atoms with Crippen LogP contribution in [0.25, 0.3) is 11.3 Å². The number of aromatic nitrogens is 3. The second kappa shape index (κ2) is 9.16. The zero-order valence-corrected chi connectivity index (χ0v) is 15.2. The second-order valence-corrected chi connectivity index (χ2v) is 6.00. The number of benzene rings is 1. The molecular weight excluding hydrogens is 404 g/mol. The largest absolute Gasteiger partial charge is 0.416 e. The lowest BCUT2D eigenvalue weighted by atomic mass is 10.0. The number of nitrogens with one attached hydrogen (secondary N) is 2. The van der Waals surface area contributed by atoms with E-state index in [0.717, 1.165) is 6.20 Å². The third kappa shape index (κ3) is 6.38. The van der Waals surface area contributed by atoms with Gasteiger partial charge in [0.25, 0.3) is 5.91 Å². The molecule has 158 valence electrons. The van der Waals surface area contributed by atoms with Gasteiger partial charge in [0.2, 0.25) is 5.82 Å². The quantitative estimate of drug-likeness (QED) is 0.728. The minimum Gasteiger partial charge on any atom is -0.352 e. The molecule has 0 bridgehead atoms. The number of carbonyl (C=O) groups is 1. The summed E-state index contributed by atoms with van der Waals surface area (Å²) in [4.78, 5) is 15.1. The minimum atomic E-state index is -4.99. The van der Waals surface area contributed by atoms with Crippen molar-refractivity contribution in [3.63, 3.8) is 0 Å². The van der Waals surface area contributed by atoms with Gasteiger partial charge in [-0.15, -0.1) is 5.10 Å². The van der Waals surface area contributed by atoms with E-state index >= 15 is 0 Å². The van der Waals surface area contributed by atoms with E-state index in [1.54, 1.807) is 0 Å². The van der Waals surface area contributed by atoms with Crippen LogP contribution in [0.5, 0.6) is 0 Å². The third-order valence-corrected chi connectivity index (χ3v) is 3.83. The first-order chi connectivity index (χ1) is 13.5. The maximum absolute atomic E-state index is 12.8. The van der Waals surface area contributed by atoms with Crippen molar-refractivity contribution < 1.29 is 31.1 Å². The molecule has 1 aliphatic heterocycles. The Morgan fingerprint density at radius 3 is 1.97 bits per heavy atom. The normalized spacial score (nSPS) is 14.2. The molecule has 29 heavy (non-hydrogen) atoms. The molecule has 6 nitrogen and oxygen atoms in total. The predicted molar refractivity (Wildman–Crippen MR) is 90.8 cm³/mol. The van der Waals surface area contributed by atoms with Gasteiger partial charge >= 0.3 is 12.4 Å². The summed E-state index contributed by atoms with van der Waals surface area (Å²) in [5.41, 5.74) is -3.82. The highest BCUT2D eigenvalue weighted by Gasteiger charge is 2.37. The summed E-state index contributed by atoms with van der Waals surface area (Å²) < 4.78 is 77.0. The Hall–Kier alpha value is -2.76. The molecule has 2 N–H and O–H groups in total. The van der Waals surface area contributed by atoms with Crippen LogP contribution in [0, 0.1) is 0 Å². The molecule has 1 saturated heterocycles. The highest BCUT2D eigenvalue weighted by molar-refractivity contribution is 5.90. The Morgan fingerprint density at radius 1 is 1.00 bits per heavy atom. The van der Waals surface area contributed by atoms with Crippen molar-refractivity contribution in [1.82, 2.24) is 25.8 Å². The lowest BCUT2D eigenvalue weighted by molar-refractivity contribution is -0.143. The Morgan fingerprint density at radius 2 is 1.55 bits per heavy atom. The molecule has 12 heteroatoms. The average Bonchev–Trinajstić information content (AvgIpc) is 3.26. The number of carbonyl (C=O) groups excluding carboxylic acids is 1. The Balaban J connectivity index is 0.000000521. The van der Waals surface area contributed by atoms with Crippen LogP contribution in [0.4, 0.5) is 26.3 Å². The van der Waals surface area contributed by atoms with E-state index in [1.165, 1.54) is 33.0 Å². The molecular formula is C17H17F6N5O. The molecule has 0 radical (unpaired) electrons. The van der Waals surface area contributed by atoms with Gasteiger partial charge in [0.15, 0.2) is 0 Å². The molecule has 1 aromatic heterocycles. The molecule has 0 aliphatic carbocycles. The Bertz CT molecular complexity index is 809. The first-order valence-corrected chi connectivity index (χ1v) is 8.44. The van der Waals surface area contributed by atoms with Crippen LogP contribution >= 0.6 is 0 Å². The van der Waals surface area contributed by atoms with Gasteiger partial charge in [-0.05, 0) is 44.1 Å². The number of halogens is 6. The molecule has 2 heterocycles. The second-order valence-electron chi connectivity index (χ2n) is 6.00. The number of rotatable bonds is 2. The molecule has 2 aromatic rings. The van der Waals surface area contributed by atoms with Gasteiger partial charge in [0, 0.05) is 12.6 Å². The van der Waals surface area contributed by atoms with Crippen molar-refractivity contribution in [2.24, 2.45) is 0 Å². The summed E-state index contributed by atoms with van der Waals surface area (Å²) in [7, 11) is 1.25. The summed E-state index contributed by atoms with van der Waals surface area (Å²) in [6.07, 6.45) is -6.33. The van der Waals surface area contributed by atoms with Gasteiger partial charge in [-0.3, -0.25) is 4.79 Å². The van der Waals surface area contributed by atoms with Crippen molar-refractivity contribution in [2.45, 2.75) is 25.2 Å². The van der Waals surface area contributed by atoms with Crippen molar-refractivity contribution >= 4 is 5.91 Å². The molecule has 1 amide bonds. The maximum atomic E-state index is 12.8. The van der Waals surface area contributed by atoms with Crippen LogP contribution in [0.2, 0.25) is 0 Å². The zero-order chi connectivity index (χ0) is 21.7. The van der Waals surface area contributed by atoms with Gasteiger partial charge in [-0.2, -0.15) is 31.4 Å². The maximum Gasteiger partial charge on any atom is 0.416 e. The topological polar surface area (TPSA) is 79.8 Å². The van der Waals surface area contributed by atoms with E-state index in [1.807, 2.05) is 0 Å². The Labute approximate surface area is 161 Å². The lowest BCUT2D eigenvalue weighted by Crippen LogP contribution is -2.21. The zero-order valence-electron chi connectivity index (χ0n) is 15.2. The van der Waals surface area contributed by atoms with Gasteiger partial charge in [0.05, 0.1) is 23.0 Å².